The quantitative estimate of drug-likeness (QED) is 0.886. The van der Waals surface area contributed by atoms with E-state index in [1.807, 2.05) is 49.1 Å². The molecule has 0 saturated heterocycles. The first-order valence-electron chi connectivity index (χ1n) is 5.12. The Kier molecular flexibility index (Phi) is 3.27. The molecule has 3 nitrogen and oxygen atoms in total. The molecule has 0 radical (unpaired) electrons. The van der Waals surface area contributed by atoms with E-state index in [-0.39, 0.29) is 6.04 Å². The van der Waals surface area contributed by atoms with Crippen LogP contribution in [0.25, 0.3) is 0 Å². The number of benzene rings is 1. The van der Waals surface area contributed by atoms with Crippen molar-refractivity contribution in [3.05, 3.63) is 53.1 Å². The van der Waals surface area contributed by atoms with Gasteiger partial charge in [-0.3, -0.25) is 0 Å². The molecule has 1 N–H and O–H groups in total. The Morgan fingerprint density at radius 3 is 2.50 bits per heavy atom. The molecule has 0 aliphatic carbocycles. The zero-order valence-corrected chi connectivity index (χ0v) is 10.1. The molecule has 0 spiro atoms. The summed E-state index contributed by atoms with van der Waals surface area (Å²) in [4.78, 5) is 4.35. The van der Waals surface area contributed by atoms with Crippen molar-refractivity contribution in [2.45, 2.75) is 6.04 Å². The highest BCUT2D eigenvalue weighted by Crippen LogP contribution is 2.21. The van der Waals surface area contributed by atoms with Gasteiger partial charge < -0.3 is 9.88 Å². The summed E-state index contributed by atoms with van der Waals surface area (Å²) in [6.07, 6.45) is 3.74. The molecule has 16 heavy (non-hydrogen) atoms. The maximum absolute atomic E-state index is 5.87. The van der Waals surface area contributed by atoms with Crippen molar-refractivity contribution >= 4 is 11.6 Å². The summed E-state index contributed by atoms with van der Waals surface area (Å²) in [5.41, 5.74) is 1.15. The van der Waals surface area contributed by atoms with Crippen LogP contribution in [0.3, 0.4) is 0 Å². The van der Waals surface area contributed by atoms with Gasteiger partial charge in [0, 0.05) is 24.5 Å². The molecule has 0 aliphatic rings. The van der Waals surface area contributed by atoms with E-state index in [4.69, 9.17) is 11.6 Å². The minimum absolute atomic E-state index is 0.0947. The van der Waals surface area contributed by atoms with Crippen LogP contribution in [0.4, 0.5) is 0 Å². The maximum Gasteiger partial charge on any atom is 0.130 e. The number of imidazole rings is 1. The Balaban J connectivity index is 2.37. The van der Waals surface area contributed by atoms with Crippen molar-refractivity contribution in [3.8, 4) is 0 Å². The summed E-state index contributed by atoms with van der Waals surface area (Å²) in [6, 6.07) is 7.90. The third-order valence-corrected chi connectivity index (χ3v) is 2.86. The molecule has 2 rings (SSSR count). The van der Waals surface area contributed by atoms with Crippen molar-refractivity contribution in [3.63, 3.8) is 0 Å². The highest BCUT2D eigenvalue weighted by atomic mass is 35.5. The molecule has 84 valence electrons. The standard InChI is InChI=1S/C12H14ClN3/c1-14-11(12-15-7-8-16(12)2)9-3-5-10(13)6-4-9/h3-8,11,14H,1-2H3/t11-/m0/s1. The number of nitrogens with one attached hydrogen (secondary N) is 1. The van der Waals surface area contributed by atoms with E-state index in [0.717, 1.165) is 16.4 Å². The second-order valence-corrected chi connectivity index (χ2v) is 4.11. The van der Waals surface area contributed by atoms with Crippen LogP contribution in [-0.2, 0) is 7.05 Å². The average Bonchev–Trinajstić information content (AvgIpc) is 2.69. The van der Waals surface area contributed by atoms with Gasteiger partial charge in [-0.25, -0.2) is 4.98 Å². The van der Waals surface area contributed by atoms with Crippen LogP contribution < -0.4 is 5.32 Å². The van der Waals surface area contributed by atoms with Crippen LogP contribution in [0.1, 0.15) is 17.4 Å². The summed E-state index contributed by atoms with van der Waals surface area (Å²) in [7, 11) is 3.91. The monoisotopic (exact) mass is 235 g/mol. The van der Waals surface area contributed by atoms with Gasteiger partial charge in [0.25, 0.3) is 0 Å². The zero-order chi connectivity index (χ0) is 11.5. The molecule has 0 amide bonds. The lowest BCUT2D eigenvalue weighted by Crippen LogP contribution is -2.21. The minimum Gasteiger partial charge on any atom is -0.336 e. The lowest BCUT2D eigenvalue weighted by molar-refractivity contribution is 0.617. The van der Waals surface area contributed by atoms with Crippen LogP contribution in [0.5, 0.6) is 0 Å². The number of halogens is 1. The Hall–Kier alpha value is -1.32. The predicted octanol–water partition coefficient (Wildman–Crippen LogP) is 2.38. The Morgan fingerprint density at radius 1 is 1.31 bits per heavy atom. The van der Waals surface area contributed by atoms with Crippen LogP contribution in [-0.4, -0.2) is 16.6 Å². The topological polar surface area (TPSA) is 29.9 Å². The van der Waals surface area contributed by atoms with Crippen molar-refractivity contribution < 1.29 is 0 Å². The van der Waals surface area contributed by atoms with Gasteiger partial charge >= 0.3 is 0 Å². The molecule has 1 atom stereocenters. The fourth-order valence-electron chi connectivity index (χ4n) is 1.76. The molecule has 1 heterocycles. The number of rotatable bonds is 3. The first-order chi connectivity index (χ1) is 7.72. The second kappa shape index (κ2) is 4.68. The van der Waals surface area contributed by atoms with Gasteiger partial charge in [0.1, 0.15) is 5.82 Å². The van der Waals surface area contributed by atoms with E-state index in [1.54, 1.807) is 6.20 Å². The van der Waals surface area contributed by atoms with Gasteiger partial charge in [0.15, 0.2) is 0 Å². The van der Waals surface area contributed by atoms with E-state index in [2.05, 4.69) is 10.3 Å². The van der Waals surface area contributed by atoms with Crippen molar-refractivity contribution in [1.29, 1.82) is 0 Å². The lowest BCUT2D eigenvalue weighted by atomic mass is 10.1. The summed E-state index contributed by atoms with van der Waals surface area (Å²) in [5, 5.41) is 4.00. The van der Waals surface area contributed by atoms with E-state index >= 15 is 0 Å². The molecule has 1 aromatic heterocycles. The van der Waals surface area contributed by atoms with Crippen LogP contribution in [0, 0.1) is 0 Å². The molecule has 0 bridgehead atoms. The molecule has 2 aromatic rings. The van der Waals surface area contributed by atoms with Crippen molar-refractivity contribution in [2.24, 2.45) is 7.05 Å². The summed E-state index contributed by atoms with van der Waals surface area (Å²) in [5.74, 6) is 0.991. The molecular weight excluding hydrogens is 222 g/mol. The molecule has 0 aliphatic heterocycles. The van der Waals surface area contributed by atoms with Crippen LogP contribution in [0.15, 0.2) is 36.7 Å². The predicted molar refractivity (Wildman–Crippen MR) is 65.6 cm³/mol. The minimum atomic E-state index is 0.0947. The molecule has 1 aromatic carbocycles. The Morgan fingerprint density at radius 2 is 2.00 bits per heavy atom. The fraction of sp³-hybridized carbons (Fsp3) is 0.250. The number of aromatic nitrogens is 2. The lowest BCUT2D eigenvalue weighted by Gasteiger charge is -2.16. The van der Waals surface area contributed by atoms with Crippen LogP contribution >= 0.6 is 11.6 Å². The maximum atomic E-state index is 5.87. The van der Waals surface area contributed by atoms with Gasteiger partial charge in [-0.15, -0.1) is 0 Å². The summed E-state index contributed by atoms with van der Waals surface area (Å²) >= 11 is 5.87. The zero-order valence-electron chi connectivity index (χ0n) is 9.31. The third-order valence-electron chi connectivity index (χ3n) is 2.61. The SMILES string of the molecule is CN[C@@H](c1ccc(Cl)cc1)c1nccn1C. The van der Waals surface area contributed by atoms with Gasteiger partial charge in [0.2, 0.25) is 0 Å². The number of aryl methyl sites for hydroxylation is 1. The number of hydrogen-bond donors (Lipinski definition) is 1. The first-order valence-corrected chi connectivity index (χ1v) is 5.50. The van der Waals surface area contributed by atoms with E-state index < -0.39 is 0 Å². The molecule has 0 saturated carbocycles. The summed E-state index contributed by atoms with van der Waals surface area (Å²) in [6.45, 7) is 0. The third kappa shape index (κ3) is 2.10. The highest BCUT2D eigenvalue weighted by molar-refractivity contribution is 6.30. The first kappa shape index (κ1) is 11.2. The Labute approximate surface area is 100 Å². The number of hydrogen-bond acceptors (Lipinski definition) is 2. The van der Waals surface area contributed by atoms with Crippen molar-refractivity contribution in [2.75, 3.05) is 7.05 Å². The Bertz CT molecular complexity index is 461. The molecular formula is C12H14ClN3. The number of nitrogens with zero attached hydrogens (tertiary/aromatic N) is 2. The second-order valence-electron chi connectivity index (χ2n) is 3.67. The van der Waals surface area contributed by atoms with Crippen molar-refractivity contribution in [1.82, 2.24) is 14.9 Å². The largest absolute Gasteiger partial charge is 0.336 e. The smallest absolute Gasteiger partial charge is 0.130 e. The van der Waals surface area contributed by atoms with Gasteiger partial charge in [0.05, 0.1) is 6.04 Å². The summed E-state index contributed by atoms with van der Waals surface area (Å²) < 4.78 is 2.01. The van der Waals surface area contributed by atoms with E-state index in [1.165, 1.54) is 0 Å². The van der Waals surface area contributed by atoms with E-state index in [9.17, 15) is 0 Å². The molecule has 0 fully saturated rings. The van der Waals surface area contributed by atoms with Gasteiger partial charge in [-0.1, -0.05) is 23.7 Å². The average molecular weight is 236 g/mol. The molecule has 4 heteroatoms. The van der Waals surface area contributed by atoms with Crippen LogP contribution in [0.2, 0.25) is 5.02 Å². The normalized spacial score (nSPS) is 12.7. The fourth-order valence-corrected chi connectivity index (χ4v) is 1.88. The van der Waals surface area contributed by atoms with Gasteiger partial charge in [-0.2, -0.15) is 0 Å². The van der Waals surface area contributed by atoms with E-state index in [0.29, 0.717) is 0 Å². The molecule has 0 unspecified atom stereocenters. The van der Waals surface area contributed by atoms with Gasteiger partial charge in [-0.05, 0) is 24.7 Å². The highest BCUT2D eigenvalue weighted by Gasteiger charge is 2.15.